The molecule has 1 aromatic carbocycles. The van der Waals surface area contributed by atoms with Crippen LogP contribution in [0.3, 0.4) is 0 Å². The average Bonchev–Trinajstić information content (AvgIpc) is 2.41. The molecule has 1 saturated heterocycles. The van der Waals surface area contributed by atoms with E-state index in [0.717, 1.165) is 30.3 Å². The van der Waals surface area contributed by atoms with Crippen molar-refractivity contribution in [3.05, 3.63) is 34.3 Å². The number of hydrogen-bond acceptors (Lipinski definition) is 1. The summed E-state index contributed by atoms with van der Waals surface area (Å²) in [7, 11) is 0. The molecule has 0 aliphatic carbocycles. The fraction of sp³-hybridized carbons (Fsp3) is 0.500. The van der Waals surface area contributed by atoms with Gasteiger partial charge in [0.2, 0.25) is 0 Å². The minimum absolute atomic E-state index is 0.0982. The highest BCUT2D eigenvalue weighted by molar-refractivity contribution is 9.09. The normalized spacial score (nSPS) is 19.9. The maximum atomic E-state index is 12.5. The summed E-state index contributed by atoms with van der Waals surface area (Å²) in [5.41, 5.74) is 1.70. The zero-order valence-corrected chi connectivity index (χ0v) is 12.8. The number of benzene rings is 1. The van der Waals surface area contributed by atoms with Gasteiger partial charge in [-0.2, -0.15) is 0 Å². The van der Waals surface area contributed by atoms with E-state index in [1.165, 1.54) is 6.42 Å². The lowest BCUT2D eigenvalue weighted by Crippen LogP contribution is -2.44. The summed E-state index contributed by atoms with van der Waals surface area (Å²) in [4.78, 5) is 14.5. The van der Waals surface area contributed by atoms with Crippen LogP contribution in [0.15, 0.2) is 18.2 Å². The molecule has 1 fully saturated rings. The molecule has 1 unspecified atom stereocenters. The molecule has 1 aliphatic heterocycles. The molecule has 1 atom stereocenters. The lowest BCUT2D eigenvalue weighted by Gasteiger charge is -2.34. The van der Waals surface area contributed by atoms with Gasteiger partial charge in [0.1, 0.15) is 0 Å². The molecular weight excluding hydrogens is 314 g/mol. The third kappa shape index (κ3) is 2.89. The highest BCUT2D eigenvalue weighted by Crippen LogP contribution is 2.23. The zero-order valence-electron chi connectivity index (χ0n) is 10.5. The Labute approximate surface area is 121 Å². The molecule has 1 aliphatic rings. The van der Waals surface area contributed by atoms with E-state index < -0.39 is 0 Å². The predicted octanol–water partition coefficient (Wildman–Crippen LogP) is 4.04. The molecule has 18 heavy (non-hydrogen) atoms. The molecule has 0 saturated carbocycles. The van der Waals surface area contributed by atoms with Crippen molar-refractivity contribution >= 4 is 33.4 Å². The fourth-order valence-corrected chi connectivity index (χ4v) is 3.17. The van der Waals surface area contributed by atoms with Crippen molar-refractivity contribution in [3.63, 3.8) is 0 Å². The molecule has 2 nitrogen and oxygen atoms in total. The number of amides is 1. The first-order valence-corrected chi connectivity index (χ1v) is 7.76. The van der Waals surface area contributed by atoms with E-state index in [9.17, 15) is 4.79 Å². The number of nitrogens with zero attached hydrogens (tertiary/aromatic N) is 1. The number of alkyl halides is 1. The highest BCUT2D eigenvalue weighted by Gasteiger charge is 2.26. The lowest BCUT2D eigenvalue weighted by molar-refractivity contribution is 0.0642. The molecule has 0 N–H and O–H groups in total. The zero-order chi connectivity index (χ0) is 13.1. The van der Waals surface area contributed by atoms with Crippen molar-refractivity contribution in [2.75, 3.05) is 11.9 Å². The van der Waals surface area contributed by atoms with Crippen LogP contribution in [0.2, 0.25) is 5.02 Å². The summed E-state index contributed by atoms with van der Waals surface area (Å²) in [6.07, 6.45) is 3.38. The van der Waals surface area contributed by atoms with Crippen molar-refractivity contribution in [3.8, 4) is 0 Å². The van der Waals surface area contributed by atoms with E-state index in [2.05, 4.69) is 15.9 Å². The van der Waals surface area contributed by atoms with Gasteiger partial charge in [0.25, 0.3) is 5.91 Å². The number of hydrogen-bond donors (Lipinski definition) is 0. The summed E-state index contributed by atoms with van der Waals surface area (Å²) < 4.78 is 0. The Morgan fingerprint density at radius 2 is 2.28 bits per heavy atom. The van der Waals surface area contributed by atoms with Crippen molar-refractivity contribution in [2.24, 2.45) is 0 Å². The van der Waals surface area contributed by atoms with Crippen LogP contribution in [0.4, 0.5) is 0 Å². The summed E-state index contributed by atoms with van der Waals surface area (Å²) in [6.45, 7) is 2.79. The number of piperidine rings is 1. The Balaban J connectivity index is 2.21. The van der Waals surface area contributed by atoms with Crippen molar-refractivity contribution in [1.29, 1.82) is 0 Å². The van der Waals surface area contributed by atoms with Gasteiger partial charge >= 0.3 is 0 Å². The Morgan fingerprint density at radius 1 is 1.50 bits per heavy atom. The van der Waals surface area contributed by atoms with Gasteiger partial charge in [-0.1, -0.05) is 33.6 Å². The standard InChI is InChI=1S/C14H17BrClNO/c1-10-5-6-11(8-13(10)16)14(18)17-7-3-2-4-12(17)9-15/h5-6,8,12H,2-4,7,9H2,1H3. The van der Waals surface area contributed by atoms with Crippen LogP contribution < -0.4 is 0 Å². The molecule has 2 rings (SSSR count). The molecule has 0 bridgehead atoms. The van der Waals surface area contributed by atoms with Crippen LogP contribution in [0.25, 0.3) is 0 Å². The summed E-state index contributed by atoms with van der Waals surface area (Å²) in [5.74, 6) is 0.0982. The molecule has 0 radical (unpaired) electrons. The first kappa shape index (κ1) is 13.9. The number of likely N-dealkylation sites (tertiary alicyclic amines) is 1. The van der Waals surface area contributed by atoms with Gasteiger partial charge in [0, 0.05) is 28.5 Å². The van der Waals surface area contributed by atoms with Gasteiger partial charge in [0.15, 0.2) is 0 Å². The summed E-state index contributed by atoms with van der Waals surface area (Å²) in [5, 5.41) is 1.51. The number of carbonyl (C=O) groups is 1. The van der Waals surface area contributed by atoms with Gasteiger partial charge in [-0.25, -0.2) is 0 Å². The van der Waals surface area contributed by atoms with Gasteiger partial charge < -0.3 is 4.90 Å². The van der Waals surface area contributed by atoms with E-state index in [0.29, 0.717) is 16.6 Å². The third-order valence-electron chi connectivity index (χ3n) is 3.48. The number of halogens is 2. The van der Waals surface area contributed by atoms with E-state index in [-0.39, 0.29) is 5.91 Å². The van der Waals surface area contributed by atoms with Gasteiger partial charge in [-0.05, 0) is 43.9 Å². The molecule has 1 aromatic rings. The minimum Gasteiger partial charge on any atom is -0.335 e. The monoisotopic (exact) mass is 329 g/mol. The van der Waals surface area contributed by atoms with Crippen LogP contribution in [0, 0.1) is 6.92 Å². The number of aryl methyl sites for hydroxylation is 1. The van der Waals surface area contributed by atoms with Crippen LogP contribution >= 0.6 is 27.5 Å². The molecule has 4 heteroatoms. The Kier molecular flexibility index (Phi) is 4.68. The Morgan fingerprint density at radius 3 is 2.94 bits per heavy atom. The molecule has 1 amide bonds. The second kappa shape index (κ2) is 6.07. The van der Waals surface area contributed by atoms with E-state index in [4.69, 9.17) is 11.6 Å². The molecular formula is C14H17BrClNO. The smallest absolute Gasteiger partial charge is 0.254 e. The summed E-state index contributed by atoms with van der Waals surface area (Å²) >= 11 is 9.59. The Hall–Kier alpha value is -0.540. The minimum atomic E-state index is 0.0982. The number of rotatable bonds is 2. The molecule has 0 spiro atoms. The number of carbonyl (C=O) groups excluding carboxylic acids is 1. The highest BCUT2D eigenvalue weighted by atomic mass is 79.9. The Bertz CT molecular complexity index is 449. The van der Waals surface area contributed by atoms with Crippen LogP contribution in [0.5, 0.6) is 0 Å². The van der Waals surface area contributed by atoms with Crippen LogP contribution in [-0.4, -0.2) is 28.7 Å². The molecule has 98 valence electrons. The predicted molar refractivity (Wildman–Crippen MR) is 78.7 cm³/mol. The van der Waals surface area contributed by atoms with E-state index in [1.807, 2.05) is 24.0 Å². The molecule has 0 aromatic heterocycles. The lowest BCUT2D eigenvalue weighted by atomic mass is 10.0. The van der Waals surface area contributed by atoms with Crippen molar-refractivity contribution in [2.45, 2.75) is 32.2 Å². The third-order valence-corrected chi connectivity index (χ3v) is 4.64. The van der Waals surface area contributed by atoms with Crippen LogP contribution in [-0.2, 0) is 0 Å². The first-order chi connectivity index (χ1) is 8.63. The van der Waals surface area contributed by atoms with Gasteiger partial charge in [-0.15, -0.1) is 0 Å². The quantitative estimate of drug-likeness (QED) is 0.750. The topological polar surface area (TPSA) is 20.3 Å². The average molecular weight is 331 g/mol. The van der Waals surface area contributed by atoms with Crippen molar-refractivity contribution < 1.29 is 4.79 Å². The van der Waals surface area contributed by atoms with Crippen LogP contribution in [0.1, 0.15) is 35.2 Å². The second-order valence-electron chi connectivity index (χ2n) is 4.77. The maximum absolute atomic E-state index is 12.5. The molecule has 1 heterocycles. The fourth-order valence-electron chi connectivity index (χ4n) is 2.32. The second-order valence-corrected chi connectivity index (χ2v) is 5.82. The summed E-state index contributed by atoms with van der Waals surface area (Å²) in [6, 6.07) is 5.86. The maximum Gasteiger partial charge on any atom is 0.254 e. The van der Waals surface area contributed by atoms with E-state index >= 15 is 0 Å². The largest absolute Gasteiger partial charge is 0.335 e. The van der Waals surface area contributed by atoms with Crippen molar-refractivity contribution in [1.82, 2.24) is 4.90 Å². The van der Waals surface area contributed by atoms with Gasteiger partial charge in [-0.3, -0.25) is 4.79 Å². The first-order valence-electron chi connectivity index (χ1n) is 6.26. The van der Waals surface area contributed by atoms with Gasteiger partial charge in [0.05, 0.1) is 0 Å². The SMILES string of the molecule is Cc1ccc(C(=O)N2CCCCC2CBr)cc1Cl. The van der Waals surface area contributed by atoms with E-state index in [1.54, 1.807) is 6.07 Å².